The Morgan fingerprint density at radius 1 is 1.50 bits per heavy atom. The summed E-state index contributed by atoms with van der Waals surface area (Å²) in [6, 6.07) is 0. The molecule has 0 amide bonds. The predicted molar refractivity (Wildman–Crippen MR) is 60.0 cm³/mol. The van der Waals surface area contributed by atoms with E-state index in [4.69, 9.17) is 9.47 Å². The van der Waals surface area contributed by atoms with Gasteiger partial charge in [-0.05, 0) is 12.8 Å². The van der Waals surface area contributed by atoms with Crippen LogP contribution in [0.15, 0.2) is 0 Å². The number of morpholine rings is 1. The van der Waals surface area contributed by atoms with Gasteiger partial charge in [0.25, 0.3) is 5.19 Å². The number of hydrogen-bond acceptors (Lipinski definition) is 6. The van der Waals surface area contributed by atoms with Crippen LogP contribution in [0.4, 0.5) is 0 Å². The largest absolute Gasteiger partial charge is 0.466 e. The van der Waals surface area contributed by atoms with Gasteiger partial charge in [0.15, 0.2) is 0 Å². The molecular formula is C10H15N3O2S. The van der Waals surface area contributed by atoms with E-state index in [1.54, 1.807) is 0 Å². The number of nitrogens with zero attached hydrogens (tertiary/aromatic N) is 2. The van der Waals surface area contributed by atoms with Crippen molar-refractivity contribution in [1.29, 1.82) is 0 Å². The Labute approximate surface area is 98.3 Å². The smallest absolute Gasteiger partial charge is 0.293 e. The summed E-state index contributed by atoms with van der Waals surface area (Å²) in [5.74, 6) is 1.56. The molecule has 1 atom stereocenters. The number of aromatic nitrogens is 2. The zero-order valence-corrected chi connectivity index (χ0v) is 9.83. The molecule has 6 heteroatoms. The number of rotatable bonds is 4. The maximum atomic E-state index is 5.58. The van der Waals surface area contributed by atoms with Gasteiger partial charge in [-0.15, -0.1) is 0 Å². The molecule has 1 aromatic heterocycles. The van der Waals surface area contributed by atoms with E-state index in [-0.39, 0.29) is 6.10 Å². The summed E-state index contributed by atoms with van der Waals surface area (Å²) in [6.45, 7) is 3.11. The van der Waals surface area contributed by atoms with Crippen LogP contribution in [-0.2, 0) is 4.74 Å². The van der Waals surface area contributed by atoms with Crippen LogP contribution in [0.2, 0.25) is 0 Å². The molecule has 5 nitrogen and oxygen atoms in total. The third kappa shape index (κ3) is 2.50. The van der Waals surface area contributed by atoms with Gasteiger partial charge in [-0.3, -0.25) is 0 Å². The van der Waals surface area contributed by atoms with Crippen molar-refractivity contribution < 1.29 is 9.47 Å². The second-order valence-electron chi connectivity index (χ2n) is 4.20. The summed E-state index contributed by atoms with van der Waals surface area (Å²) in [6.07, 6.45) is 2.60. The standard InChI is InChI=1S/C10H15N3O2S/c1-2-7(1)9-12-10(16-13-9)15-6-8-5-11-3-4-14-8/h7-8,11H,1-6H2. The fourth-order valence-electron chi connectivity index (χ4n) is 1.68. The predicted octanol–water partition coefficient (Wildman–Crippen LogP) is 0.783. The van der Waals surface area contributed by atoms with E-state index in [1.165, 1.54) is 24.4 Å². The first-order valence-corrected chi connectivity index (χ1v) is 6.48. The van der Waals surface area contributed by atoms with Crippen LogP contribution in [0.25, 0.3) is 0 Å². The van der Waals surface area contributed by atoms with E-state index in [2.05, 4.69) is 14.7 Å². The number of nitrogens with one attached hydrogen (secondary N) is 1. The minimum absolute atomic E-state index is 0.141. The monoisotopic (exact) mass is 241 g/mol. The first-order chi connectivity index (χ1) is 7.92. The minimum atomic E-state index is 0.141. The molecule has 2 heterocycles. The molecule has 3 rings (SSSR count). The SMILES string of the molecule is C1COC(COc2nc(C3CC3)ns2)CN1. The number of hydrogen-bond donors (Lipinski definition) is 1. The van der Waals surface area contributed by atoms with Gasteiger partial charge in [-0.1, -0.05) is 0 Å². The Morgan fingerprint density at radius 2 is 2.44 bits per heavy atom. The van der Waals surface area contributed by atoms with Gasteiger partial charge in [0.05, 0.1) is 6.61 Å². The minimum Gasteiger partial charge on any atom is -0.466 e. The molecule has 1 unspecified atom stereocenters. The molecular weight excluding hydrogens is 226 g/mol. The lowest BCUT2D eigenvalue weighted by atomic mass is 10.3. The van der Waals surface area contributed by atoms with Crippen LogP contribution in [0, 0.1) is 0 Å². The quantitative estimate of drug-likeness (QED) is 0.844. The molecule has 2 fully saturated rings. The van der Waals surface area contributed by atoms with Gasteiger partial charge in [-0.25, -0.2) is 0 Å². The first kappa shape index (κ1) is 10.4. The Bertz CT molecular complexity index is 348. The second kappa shape index (κ2) is 4.65. The van der Waals surface area contributed by atoms with E-state index in [1.807, 2.05) is 0 Å². The lowest BCUT2D eigenvalue weighted by molar-refractivity contribution is 0.000127. The zero-order chi connectivity index (χ0) is 10.8. The Hall–Kier alpha value is -0.720. The molecule has 88 valence electrons. The molecule has 0 aromatic carbocycles. The lowest BCUT2D eigenvalue weighted by Gasteiger charge is -2.22. The van der Waals surface area contributed by atoms with Gasteiger partial charge in [0, 0.05) is 30.5 Å². The topological polar surface area (TPSA) is 56.3 Å². The average Bonchev–Trinajstić information content (AvgIpc) is 3.08. The fraction of sp³-hybridized carbons (Fsp3) is 0.800. The first-order valence-electron chi connectivity index (χ1n) is 5.70. The fourth-order valence-corrected chi connectivity index (χ4v) is 2.29. The molecule has 1 aliphatic carbocycles. The van der Waals surface area contributed by atoms with E-state index in [9.17, 15) is 0 Å². The zero-order valence-electron chi connectivity index (χ0n) is 9.02. The van der Waals surface area contributed by atoms with Crippen LogP contribution < -0.4 is 10.1 Å². The number of ether oxygens (including phenoxy) is 2. The Balaban J connectivity index is 1.49. The van der Waals surface area contributed by atoms with Crippen molar-refractivity contribution in [3.05, 3.63) is 5.82 Å². The summed E-state index contributed by atoms with van der Waals surface area (Å²) in [7, 11) is 0. The molecule has 1 aromatic rings. The van der Waals surface area contributed by atoms with E-state index in [0.717, 1.165) is 25.5 Å². The molecule has 0 radical (unpaired) electrons. The van der Waals surface area contributed by atoms with Crippen molar-refractivity contribution in [2.45, 2.75) is 24.9 Å². The van der Waals surface area contributed by atoms with Crippen LogP contribution in [0.5, 0.6) is 5.19 Å². The molecule has 1 N–H and O–H groups in total. The van der Waals surface area contributed by atoms with E-state index >= 15 is 0 Å². The molecule has 1 aliphatic heterocycles. The van der Waals surface area contributed by atoms with Crippen LogP contribution in [0.3, 0.4) is 0 Å². The summed E-state index contributed by atoms with van der Waals surface area (Å²) in [4.78, 5) is 4.37. The highest BCUT2D eigenvalue weighted by molar-refractivity contribution is 7.07. The second-order valence-corrected chi connectivity index (χ2v) is 4.92. The van der Waals surface area contributed by atoms with Gasteiger partial charge in [0.2, 0.25) is 0 Å². The average molecular weight is 241 g/mol. The van der Waals surface area contributed by atoms with Crippen molar-refractivity contribution in [1.82, 2.24) is 14.7 Å². The maximum absolute atomic E-state index is 5.58. The Morgan fingerprint density at radius 3 is 3.19 bits per heavy atom. The van der Waals surface area contributed by atoms with Gasteiger partial charge >= 0.3 is 0 Å². The normalized spacial score (nSPS) is 25.6. The van der Waals surface area contributed by atoms with Crippen molar-refractivity contribution >= 4 is 11.5 Å². The Kier molecular flexibility index (Phi) is 3.03. The maximum Gasteiger partial charge on any atom is 0.293 e. The van der Waals surface area contributed by atoms with Gasteiger partial charge < -0.3 is 14.8 Å². The molecule has 0 spiro atoms. The summed E-state index contributed by atoms with van der Waals surface area (Å²) < 4.78 is 15.4. The van der Waals surface area contributed by atoms with Crippen molar-refractivity contribution in [3.8, 4) is 5.19 Å². The van der Waals surface area contributed by atoms with Crippen molar-refractivity contribution in [3.63, 3.8) is 0 Å². The van der Waals surface area contributed by atoms with Crippen LogP contribution in [0.1, 0.15) is 24.6 Å². The third-order valence-corrected chi connectivity index (χ3v) is 3.41. The highest BCUT2D eigenvalue weighted by Gasteiger charge is 2.28. The van der Waals surface area contributed by atoms with E-state index in [0.29, 0.717) is 17.7 Å². The molecule has 2 aliphatic rings. The summed E-state index contributed by atoms with van der Waals surface area (Å²) in [5, 5.41) is 3.94. The third-order valence-electron chi connectivity index (χ3n) is 2.76. The lowest BCUT2D eigenvalue weighted by Crippen LogP contribution is -2.41. The highest BCUT2D eigenvalue weighted by atomic mass is 32.1. The summed E-state index contributed by atoms with van der Waals surface area (Å²) >= 11 is 1.35. The van der Waals surface area contributed by atoms with Gasteiger partial charge in [0.1, 0.15) is 18.5 Å². The van der Waals surface area contributed by atoms with Crippen molar-refractivity contribution in [2.24, 2.45) is 0 Å². The van der Waals surface area contributed by atoms with Crippen LogP contribution >= 0.6 is 11.5 Å². The molecule has 1 saturated carbocycles. The van der Waals surface area contributed by atoms with Crippen LogP contribution in [-0.4, -0.2) is 41.8 Å². The highest BCUT2D eigenvalue weighted by Crippen LogP contribution is 2.39. The molecule has 0 bridgehead atoms. The van der Waals surface area contributed by atoms with Gasteiger partial charge in [-0.2, -0.15) is 9.36 Å². The molecule has 16 heavy (non-hydrogen) atoms. The van der Waals surface area contributed by atoms with Crippen molar-refractivity contribution in [2.75, 3.05) is 26.3 Å². The molecule has 1 saturated heterocycles. The summed E-state index contributed by atoms with van der Waals surface area (Å²) in [5.41, 5.74) is 0. The van der Waals surface area contributed by atoms with E-state index < -0.39 is 0 Å².